The van der Waals surface area contributed by atoms with E-state index in [-0.39, 0.29) is 5.91 Å². The average Bonchev–Trinajstić information content (AvgIpc) is 2.48. The third-order valence-corrected chi connectivity index (χ3v) is 3.23. The third-order valence-electron chi connectivity index (χ3n) is 3.23. The number of hydrogen-bond acceptors (Lipinski definition) is 2. The summed E-state index contributed by atoms with van der Waals surface area (Å²) >= 11 is 0. The molecule has 1 amide bonds. The number of amides is 1. The first-order valence-electron chi connectivity index (χ1n) is 6.42. The molecule has 0 aliphatic rings. The second-order valence-electron chi connectivity index (χ2n) is 4.77. The molecule has 0 radical (unpaired) electrons. The van der Waals surface area contributed by atoms with Crippen LogP contribution >= 0.6 is 0 Å². The summed E-state index contributed by atoms with van der Waals surface area (Å²) in [7, 11) is 1.77. The molecule has 0 saturated heterocycles. The van der Waals surface area contributed by atoms with E-state index in [9.17, 15) is 4.79 Å². The van der Waals surface area contributed by atoms with Crippen LogP contribution in [-0.2, 0) is 11.2 Å². The standard InChI is InChI=1S/C17H16N2O/c1-13-3-9-16(10-4-13)19(2)17(20)11-14-5-7-15(12-18)8-6-14/h3-10H,11H2,1-2H3. The van der Waals surface area contributed by atoms with Gasteiger partial charge in [-0.1, -0.05) is 29.8 Å². The van der Waals surface area contributed by atoms with Gasteiger partial charge in [0.1, 0.15) is 0 Å². The Morgan fingerprint density at radius 2 is 1.70 bits per heavy atom. The van der Waals surface area contributed by atoms with E-state index < -0.39 is 0 Å². The van der Waals surface area contributed by atoms with Crippen molar-refractivity contribution in [2.45, 2.75) is 13.3 Å². The van der Waals surface area contributed by atoms with Crippen LogP contribution in [-0.4, -0.2) is 13.0 Å². The number of likely N-dealkylation sites (N-methyl/N-ethyl adjacent to an activating group) is 1. The van der Waals surface area contributed by atoms with Gasteiger partial charge in [-0.25, -0.2) is 0 Å². The van der Waals surface area contributed by atoms with Crippen molar-refractivity contribution < 1.29 is 4.79 Å². The van der Waals surface area contributed by atoms with Crippen LogP contribution in [0.3, 0.4) is 0 Å². The molecule has 0 fully saturated rings. The number of aryl methyl sites for hydroxylation is 1. The monoisotopic (exact) mass is 264 g/mol. The molecule has 0 aromatic heterocycles. The van der Waals surface area contributed by atoms with Crippen LogP contribution in [0.25, 0.3) is 0 Å². The van der Waals surface area contributed by atoms with Crippen molar-refractivity contribution in [1.82, 2.24) is 0 Å². The minimum Gasteiger partial charge on any atom is -0.315 e. The Balaban J connectivity index is 2.07. The fourth-order valence-corrected chi connectivity index (χ4v) is 1.90. The van der Waals surface area contributed by atoms with Gasteiger partial charge in [0.25, 0.3) is 0 Å². The Hall–Kier alpha value is -2.60. The highest BCUT2D eigenvalue weighted by Gasteiger charge is 2.11. The van der Waals surface area contributed by atoms with E-state index in [2.05, 4.69) is 6.07 Å². The van der Waals surface area contributed by atoms with Crippen molar-refractivity contribution in [3.05, 3.63) is 65.2 Å². The normalized spacial score (nSPS) is 9.85. The van der Waals surface area contributed by atoms with E-state index in [0.717, 1.165) is 11.3 Å². The smallest absolute Gasteiger partial charge is 0.231 e. The van der Waals surface area contributed by atoms with Crippen LogP contribution < -0.4 is 4.90 Å². The zero-order valence-electron chi connectivity index (χ0n) is 11.6. The number of anilines is 1. The topological polar surface area (TPSA) is 44.1 Å². The summed E-state index contributed by atoms with van der Waals surface area (Å²) in [6.07, 6.45) is 0.329. The van der Waals surface area contributed by atoms with E-state index >= 15 is 0 Å². The second kappa shape index (κ2) is 6.03. The fourth-order valence-electron chi connectivity index (χ4n) is 1.90. The molecule has 100 valence electrons. The van der Waals surface area contributed by atoms with Gasteiger partial charge >= 0.3 is 0 Å². The molecule has 0 spiro atoms. The number of nitriles is 1. The van der Waals surface area contributed by atoms with Gasteiger partial charge in [-0.2, -0.15) is 5.26 Å². The summed E-state index contributed by atoms with van der Waals surface area (Å²) in [5, 5.41) is 8.74. The maximum Gasteiger partial charge on any atom is 0.231 e. The van der Waals surface area contributed by atoms with Gasteiger partial charge in [0.2, 0.25) is 5.91 Å². The molecule has 0 atom stereocenters. The quantitative estimate of drug-likeness (QED) is 0.855. The highest BCUT2D eigenvalue weighted by Crippen LogP contribution is 2.15. The lowest BCUT2D eigenvalue weighted by molar-refractivity contribution is -0.117. The van der Waals surface area contributed by atoms with E-state index in [4.69, 9.17) is 5.26 Å². The number of carbonyl (C=O) groups excluding carboxylic acids is 1. The number of carbonyl (C=O) groups is 1. The van der Waals surface area contributed by atoms with E-state index in [0.29, 0.717) is 12.0 Å². The molecule has 3 nitrogen and oxygen atoms in total. The molecular formula is C17H16N2O. The summed E-state index contributed by atoms with van der Waals surface area (Å²) in [6.45, 7) is 2.02. The van der Waals surface area contributed by atoms with E-state index in [1.807, 2.05) is 43.3 Å². The number of benzene rings is 2. The van der Waals surface area contributed by atoms with Gasteiger partial charge in [-0.05, 0) is 36.8 Å². The first-order chi connectivity index (χ1) is 9.60. The molecule has 0 aliphatic carbocycles. The maximum atomic E-state index is 12.2. The minimum atomic E-state index is 0.0264. The molecule has 20 heavy (non-hydrogen) atoms. The number of hydrogen-bond donors (Lipinski definition) is 0. The second-order valence-corrected chi connectivity index (χ2v) is 4.77. The van der Waals surface area contributed by atoms with Crippen LogP contribution in [0.1, 0.15) is 16.7 Å². The van der Waals surface area contributed by atoms with E-state index in [1.54, 1.807) is 24.1 Å². The zero-order chi connectivity index (χ0) is 14.5. The van der Waals surface area contributed by atoms with Gasteiger partial charge in [-0.3, -0.25) is 4.79 Å². The van der Waals surface area contributed by atoms with Crippen molar-refractivity contribution in [3.8, 4) is 6.07 Å². The highest BCUT2D eigenvalue weighted by molar-refractivity contribution is 5.94. The van der Waals surface area contributed by atoms with Crippen LogP contribution in [0, 0.1) is 18.3 Å². The first-order valence-corrected chi connectivity index (χ1v) is 6.42. The number of nitrogens with zero attached hydrogens (tertiary/aromatic N) is 2. The minimum absolute atomic E-state index is 0.0264. The molecule has 0 heterocycles. The molecule has 3 heteroatoms. The SMILES string of the molecule is Cc1ccc(N(C)C(=O)Cc2ccc(C#N)cc2)cc1. The Morgan fingerprint density at radius 3 is 2.25 bits per heavy atom. The lowest BCUT2D eigenvalue weighted by Gasteiger charge is -2.17. The van der Waals surface area contributed by atoms with Gasteiger partial charge in [-0.15, -0.1) is 0 Å². The number of rotatable bonds is 3. The summed E-state index contributed by atoms with van der Waals surface area (Å²) in [4.78, 5) is 13.9. The first kappa shape index (κ1) is 13.8. The molecule has 0 aliphatic heterocycles. The molecule has 2 aromatic carbocycles. The lowest BCUT2D eigenvalue weighted by atomic mass is 10.1. The molecule has 2 rings (SSSR count). The fraction of sp³-hybridized carbons (Fsp3) is 0.176. The largest absolute Gasteiger partial charge is 0.315 e. The van der Waals surface area contributed by atoms with Gasteiger partial charge in [0.05, 0.1) is 18.1 Å². The van der Waals surface area contributed by atoms with Crippen molar-refractivity contribution in [3.63, 3.8) is 0 Å². The predicted octanol–water partition coefficient (Wildman–Crippen LogP) is 3.07. The van der Waals surface area contributed by atoms with Crippen LogP contribution in [0.15, 0.2) is 48.5 Å². The molecule has 0 bridgehead atoms. The Bertz CT molecular complexity index is 636. The van der Waals surface area contributed by atoms with Crippen LogP contribution in [0.2, 0.25) is 0 Å². The van der Waals surface area contributed by atoms with Crippen LogP contribution in [0.5, 0.6) is 0 Å². The molecule has 0 unspecified atom stereocenters. The Kier molecular flexibility index (Phi) is 4.17. The van der Waals surface area contributed by atoms with Crippen molar-refractivity contribution >= 4 is 11.6 Å². The summed E-state index contributed by atoms with van der Waals surface area (Å²) in [6, 6.07) is 17.0. The van der Waals surface area contributed by atoms with Crippen molar-refractivity contribution in [2.75, 3.05) is 11.9 Å². The lowest BCUT2D eigenvalue weighted by Crippen LogP contribution is -2.27. The molecule has 2 aromatic rings. The summed E-state index contributed by atoms with van der Waals surface area (Å²) < 4.78 is 0. The molecule has 0 saturated carbocycles. The van der Waals surface area contributed by atoms with E-state index in [1.165, 1.54) is 5.56 Å². The Labute approximate surface area is 119 Å². The van der Waals surface area contributed by atoms with Crippen molar-refractivity contribution in [2.24, 2.45) is 0 Å². The van der Waals surface area contributed by atoms with Crippen LogP contribution in [0.4, 0.5) is 5.69 Å². The summed E-state index contributed by atoms with van der Waals surface area (Å²) in [5.41, 5.74) is 3.57. The molecule has 0 N–H and O–H groups in total. The summed E-state index contributed by atoms with van der Waals surface area (Å²) in [5.74, 6) is 0.0264. The van der Waals surface area contributed by atoms with Crippen molar-refractivity contribution in [1.29, 1.82) is 5.26 Å². The van der Waals surface area contributed by atoms with Gasteiger partial charge in [0, 0.05) is 12.7 Å². The Morgan fingerprint density at radius 1 is 1.10 bits per heavy atom. The zero-order valence-corrected chi connectivity index (χ0v) is 11.6. The van der Waals surface area contributed by atoms with Gasteiger partial charge in [0.15, 0.2) is 0 Å². The average molecular weight is 264 g/mol. The third kappa shape index (κ3) is 3.24. The maximum absolute atomic E-state index is 12.2. The highest BCUT2D eigenvalue weighted by atomic mass is 16.2. The van der Waals surface area contributed by atoms with Gasteiger partial charge < -0.3 is 4.90 Å². The predicted molar refractivity (Wildman–Crippen MR) is 79.5 cm³/mol. The molecular weight excluding hydrogens is 248 g/mol.